The maximum Gasteiger partial charge on any atom is 0.306 e. The maximum absolute atomic E-state index is 13.7. The van der Waals surface area contributed by atoms with E-state index in [-0.39, 0.29) is 18.3 Å². The first-order chi connectivity index (χ1) is 9.58. The molecule has 1 aromatic rings. The molecule has 1 atom stereocenters. The van der Waals surface area contributed by atoms with Gasteiger partial charge in [-0.2, -0.15) is 5.26 Å². The second kappa shape index (κ2) is 6.46. The van der Waals surface area contributed by atoms with Gasteiger partial charge >= 0.3 is 5.97 Å². The minimum Gasteiger partial charge on any atom is -0.481 e. The van der Waals surface area contributed by atoms with Gasteiger partial charge in [-0.25, -0.2) is 4.39 Å². The Bertz CT molecular complexity index is 542. The summed E-state index contributed by atoms with van der Waals surface area (Å²) in [7, 11) is 0. The molecule has 0 spiro atoms. The van der Waals surface area contributed by atoms with E-state index < -0.39 is 5.97 Å². The van der Waals surface area contributed by atoms with Gasteiger partial charge < -0.3 is 9.84 Å². The van der Waals surface area contributed by atoms with Crippen molar-refractivity contribution in [2.45, 2.75) is 19.1 Å². The Morgan fingerprint density at radius 2 is 2.40 bits per heavy atom. The van der Waals surface area contributed by atoms with Crippen molar-refractivity contribution in [3.05, 3.63) is 35.1 Å². The molecule has 2 rings (SSSR count). The molecule has 1 heterocycles. The number of nitriles is 1. The van der Waals surface area contributed by atoms with E-state index in [0.717, 1.165) is 0 Å². The van der Waals surface area contributed by atoms with Crippen LogP contribution in [0.25, 0.3) is 0 Å². The standard InChI is InChI=1S/C14H15FN2O3/c15-13-2-1-10(7-16)5-11(13)8-17-3-4-20-12(9-17)6-14(18)19/h1-2,5,12H,3-4,6,8-9H2,(H,18,19). The van der Waals surface area contributed by atoms with E-state index >= 15 is 0 Å². The molecule has 1 fully saturated rings. The molecule has 5 nitrogen and oxygen atoms in total. The number of ether oxygens (including phenoxy) is 1. The van der Waals surface area contributed by atoms with Gasteiger partial charge in [0, 0.05) is 25.2 Å². The number of morpholine rings is 1. The largest absolute Gasteiger partial charge is 0.481 e. The molecule has 6 heteroatoms. The van der Waals surface area contributed by atoms with Crippen LogP contribution in [0.1, 0.15) is 17.5 Å². The summed E-state index contributed by atoms with van der Waals surface area (Å²) in [5.74, 6) is -1.26. The molecule has 1 unspecified atom stereocenters. The van der Waals surface area contributed by atoms with Crippen LogP contribution in [0.5, 0.6) is 0 Å². The van der Waals surface area contributed by atoms with Gasteiger partial charge in [-0.1, -0.05) is 0 Å². The van der Waals surface area contributed by atoms with Gasteiger partial charge in [-0.3, -0.25) is 9.69 Å². The molecule has 0 amide bonds. The van der Waals surface area contributed by atoms with Crippen LogP contribution in [0.3, 0.4) is 0 Å². The second-order valence-corrected chi connectivity index (χ2v) is 4.74. The van der Waals surface area contributed by atoms with E-state index in [9.17, 15) is 9.18 Å². The van der Waals surface area contributed by atoms with Gasteiger partial charge in [0.2, 0.25) is 0 Å². The van der Waals surface area contributed by atoms with Gasteiger partial charge in [0.25, 0.3) is 0 Å². The van der Waals surface area contributed by atoms with Crippen molar-refractivity contribution in [3.63, 3.8) is 0 Å². The number of hydrogen-bond donors (Lipinski definition) is 1. The van der Waals surface area contributed by atoms with Crippen LogP contribution in [-0.4, -0.2) is 41.8 Å². The zero-order valence-corrected chi connectivity index (χ0v) is 10.9. The van der Waals surface area contributed by atoms with Gasteiger partial charge in [-0.15, -0.1) is 0 Å². The second-order valence-electron chi connectivity index (χ2n) is 4.74. The Labute approximate surface area is 116 Å². The number of benzene rings is 1. The molecular formula is C14H15FN2O3. The van der Waals surface area contributed by atoms with E-state index in [1.165, 1.54) is 18.2 Å². The molecule has 0 radical (unpaired) electrons. The normalized spacial score (nSPS) is 19.5. The molecular weight excluding hydrogens is 263 g/mol. The fourth-order valence-corrected chi connectivity index (χ4v) is 2.25. The number of carboxylic acid groups (broad SMARTS) is 1. The van der Waals surface area contributed by atoms with E-state index in [0.29, 0.717) is 37.4 Å². The topological polar surface area (TPSA) is 73.6 Å². The first-order valence-corrected chi connectivity index (χ1v) is 6.33. The molecule has 1 aliphatic heterocycles. The molecule has 0 aliphatic carbocycles. The minimum absolute atomic E-state index is 0.0583. The minimum atomic E-state index is -0.908. The molecule has 1 N–H and O–H groups in total. The molecule has 106 valence electrons. The quantitative estimate of drug-likeness (QED) is 0.900. The molecule has 0 bridgehead atoms. The fourth-order valence-electron chi connectivity index (χ4n) is 2.25. The predicted octanol–water partition coefficient (Wildman–Crippen LogP) is 1.37. The van der Waals surface area contributed by atoms with Crippen LogP contribution in [0.15, 0.2) is 18.2 Å². The van der Waals surface area contributed by atoms with E-state index in [1.54, 1.807) is 0 Å². The van der Waals surface area contributed by atoms with Crippen LogP contribution in [-0.2, 0) is 16.1 Å². The highest BCUT2D eigenvalue weighted by Gasteiger charge is 2.23. The SMILES string of the molecule is N#Cc1ccc(F)c(CN2CCOC(CC(=O)O)C2)c1. The van der Waals surface area contributed by atoms with Crippen LogP contribution in [0, 0.1) is 17.1 Å². The third-order valence-electron chi connectivity index (χ3n) is 3.19. The molecule has 0 aromatic heterocycles. The van der Waals surface area contributed by atoms with Crippen LogP contribution in [0.4, 0.5) is 4.39 Å². The number of hydrogen-bond acceptors (Lipinski definition) is 4. The molecule has 1 saturated heterocycles. The summed E-state index contributed by atoms with van der Waals surface area (Å²) in [5.41, 5.74) is 0.858. The van der Waals surface area contributed by atoms with Crippen LogP contribution in [0.2, 0.25) is 0 Å². The average molecular weight is 278 g/mol. The van der Waals surface area contributed by atoms with Crippen LogP contribution >= 0.6 is 0 Å². The number of aliphatic carboxylic acids is 1. The summed E-state index contributed by atoms with van der Waals surface area (Å²) in [6, 6.07) is 6.22. The average Bonchev–Trinajstić information content (AvgIpc) is 2.41. The van der Waals surface area contributed by atoms with Crippen molar-refractivity contribution in [2.75, 3.05) is 19.7 Å². The lowest BCUT2D eigenvalue weighted by Gasteiger charge is -2.32. The zero-order valence-electron chi connectivity index (χ0n) is 10.9. The molecule has 20 heavy (non-hydrogen) atoms. The first-order valence-electron chi connectivity index (χ1n) is 6.33. The Balaban J connectivity index is 2.02. The highest BCUT2D eigenvalue weighted by Crippen LogP contribution is 2.16. The smallest absolute Gasteiger partial charge is 0.306 e. The van der Waals surface area contributed by atoms with Crippen molar-refractivity contribution in [1.82, 2.24) is 4.90 Å². The first kappa shape index (κ1) is 14.4. The highest BCUT2D eigenvalue weighted by atomic mass is 19.1. The van der Waals surface area contributed by atoms with E-state index in [2.05, 4.69) is 0 Å². The van der Waals surface area contributed by atoms with Crippen molar-refractivity contribution < 1.29 is 19.0 Å². The Kier molecular flexibility index (Phi) is 4.66. The third-order valence-corrected chi connectivity index (χ3v) is 3.19. The van der Waals surface area contributed by atoms with Crippen molar-refractivity contribution in [3.8, 4) is 6.07 Å². The fraction of sp³-hybridized carbons (Fsp3) is 0.429. The molecule has 0 saturated carbocycles. The van der Waals surface area contributed by atoms with E-state index in [4.69, 9.17) is 15.1 Å². The van der Waals surface area contributed by atoms with Crippen molar-refractivity contribution in [2.24, 2.45) is 0 Å². The summed E-state index contributed by atoms with van der Waals surface area (Å²) in [4.78, 5) is 12.6. The third kappa shape index (κ3) is 3.76. The van der Waals surface area contributed by atoms with Gasteiger partial charge in [-0.05, 0) is 18.2 Å². The predicted molar refractivity (Wildman–Crippen MR) is 68.4 cm³/mol. The summed E-state index contributed by atoms with van der Waals surface area (Å²) in [6.07, 6.45) is -0.430. The number of halogens is 1. The molecule has 1 aromatic carbocycles. The zero-order chi connectivity index (χ0) is 14.5. The summed E-state index contributed by atoms with van der Waals surface area (Å²) in [6.45, 7) is 1.84. The Morgan fingerprint density at radius 3 is 3.10 bits per heavy atom. The monoisotopic (exact) mass is 278 g/mol. The lowest BCUT2D eigenvalue weighted by atomic mass is 10.1. The van der Waals surface area contributed by atoms with Gasteiger partial charge in [0.15, 0.2) is 0 Å². The lowest BCUT2D eigenvalue weighted by molar-refractivity contribution is -0.142. The van der Waals surface area contributed by atoms with Crippen molar-refractivity contribution >= 4 is 5.97 Å². The number of carboxylic acids is 1. The lowest BCUT2D eigenvalue weighted by Crippen LogP contribution is -2.42. The summed E-state index contributed by atoms with van der Waals surface area (Å²) >= 11 is 0. The van der Waals surface area contributed by atoms with Crippen LogP contribution < -0.4 is 0 Å². The number of nitrogens with zero attached hydrogens (tertiary/aromatic N) is 2. The Hall–Kier alpha value is -1.97. The van der Waals surface area contributed by atoms with Crippen molar-refractivity contribution in [1.29, 1.82) is 5.26 Å². The van der Waals surface area contributed by atoms with E-state index in [1.807, 2.05) is 11.0 Å². The summed E-state index contributed by atoms with van der Waals surface area (Å²) in [5, 5.41) is 17.6. The molecule has 1 aliphatic rings. The maximum atomic E-state index is 13.7. The number of rotatable bonds is 4. The van der Waals surface area contributed by atoms with Gasteiger partial charge in [0.1, 0.15) is 5.82 Å². The highest BCUT2D eigenvalue weighted by molar-refractivity contribution is 5.67. The number of carbonyl (C=O) groups is 1. The summed E-state index contributed by atoms with van der Waals surface area (Å²) < 4.78 is 19.1. The van der Waals surface area contributed by atoms with Gasteiger partial charge in [0.05, 0.1) is 30.8 Å². The Morgan fingerprint density at radius 1 is 1.60 bits per heavy atom.